The molecule has 0 heterocycles. The number of ether oxygens (including phenoxy) is 1. The molecule has 1 aromatic rings. The van der Waals surface area contributed by atoms with Crippen molar-refractivity contribution in [3.63, 3.8) is 0 Å². The quantitative estimate of drug-likeness (QED) is 0.586. The van der Waals surface area contributed by atoms with E-state index < -0.39 is 0 Å². The van der Waals surface area contributed by atoms with E-state index in [0.717, 1.165) is 0 Å². The third kappa shape index (κ3) is 2.26. The van der Waals surface area contributed by atoms with E-state index in [0.29, 0.717) is 11.8 Å². The lowest BCUT2D eigenvalue weighted by Gasteiger charge is -2.22. The lowest BCUT2D eigenvalue weighted by molar-refractivity contribution is 0.0749. The minimum atomic E-state index is 0.156. The van der Waals surface area contributed by atoms with Crippen LogP contribution in [0, 0.1) is 5.92 Å². The van der Waals surface area contributed by atoms with Gasteiger partial charge in [-0.05, 0) is 30.7 Å². The third-order valence-electron chi connectivity index (χ3n) is 3.60. The van der Waals surface area contributed by atoms with Crippen molar-refractivity contribution in [1.82, 2.24) is 5.43 Å². The first-order valence-corrected chi connectivity index (χ1v) is 5.81. The van der Waals surface area contributed by atoms with E-state index in [2.05, 4.69) is 42.7 Å². The minimum Gasteiger partial charge on any atom is -0.380 e. The molecule has 3 heteroatoms. The topological polar surface area (TPSA) is 47.3 Å². The Labute approximate surface area is 97.0 Å². The van der Waals surface area contributed by atoms with E-state index in [-0.39, 0.29) is 12.1 Å². The average Bonchev–Trinajstić information content (AvgIpc) is 3.11. The smallest absolute Gasteiger partial charge is 0.0712 e. The third-order valence-corrected chi connectivity index (χ3v) is 3.60. The Morgan fingerprint density at radius 2 is 2.06 bits per heavy atom. The summed E-state index contributed by atoms with van der Waals surface area (Å²) in [6.45, 7) is 2.06. The maximum atomic E-state index is 5.60. The van der Waals surface area contributed by atoms with Crippen LogP contribution in [0.1, 0.15) is 24.8 Å². The molecular weight excluding hydrogens is 200 g/mol. The van der Waals surface area contributed by atoms with Crippen molar-refractivity contribution in [2.75, 3.05) is 7.11 Å². The summed E-state index contributed by atoms with van der Waals surface area (Å²) >= 11 is 0. The van der Waals surface area contributed by atoms with Gasteiger partial charge in [0.2, 0.25) is 0 Å². The normalized spacial score (nSPS) is 27.4. The second-order valence-corrected chi connectivity index (χ2v) is 4.55. The fourth-order valence-corrected chi connectivity index (χ4v) is 2.45. The largest absolute Gasteiger partial charge is 0.380 e. The molecule has 4 atom stereocenters. The van der Waals surface area contributed by atoms with Crippen molar-refractivity contribution in [3.05, 3.63) is 35.9 Å². The number of nitrogens with two attached hydrogens (primary N) is 1. The van der Waals surface area contributed by atoms with E-state index in [4.69, 9.17) is 10.6 Å². The van der Waals surface area contributed by atoms with Gasteiger partial charge in [-0.3, -0.25) is 11.3 Å². The van der Waals surface area contributed by atoms with Gasteiger partial charge in [0.15, 0.2) is 0 Å². The molecule has 16 heavy (non-hydrogen) atoms. The molecule has 1 saturated carbocycles. The molecule has 0 saturated heterocycles. The van der Waals surface area contributed by atoms with Crippen molar-refractivity contribution < 1.29 is 4.74 Å². The van der Waals surface area contributed by atoms with Crippen LogP contribution in [0.5, 0.6) is 0 Å². The van der Waals surface area contributed by atoms with Crippen molar-refractivity contribution in [2.24, 2.45) is 11.8 Å². The molecule has 3 nitrogen and oxygen atoms in total. The zero-order valence-corrected chi connectivity index (χ0v) is 9.89. The Balaban J connectivity index is 2.00. The first-order valence-electron chi connectivity index (χ1n) is 5.81. The van der Waals surface area contributed by atoms with E-state index in [1.807, 2.05) is 0 Å². The zero-order valence-electron chi connectivity index (χ0n) is 9.89. The molecule has 0 amide bonds. The fraction of sp³-hybridized carbons (Fsp3) is 0.538. The molecule has 1 aromatic carbocycles. The summed E-state index contributed by atoms with van der Waals surface area (Å²) in [7, 11) is 1.73. The predicted octanol–water partition coefficient (Wildman–Crippen LogP) is 1.66. The van der Waals surface area contributed by atoms with E-state index in [1.165, 1.54) is 12.0 Å². The number of benzene rings is 1. The first-order chi connectivity index (χ1) is 7.77. The molecule has 2 rings (SSSR count). The van der Waals surface area contributed by atoms with Gasteiger partial charge >= 0.3 is 0 Å². The van der Waals surface area contributed by atoms with Crippen LogP contribution in [0.15, 0.2) is 30.3 Å². The molecule has 1 aliphatic rings. The Hall–Kier alpha value is -0.900. The van der Waals surface area contributed by atoms with Crippen LogP contribution in [0.3, 0.4) is 0 Å². The van der Waals surface area contributed by atoms with Gasteiger partial charge in [0.05, 0.1) is 12.1 Å². The van der Waals surface area contributed by atoms with Gasteiger partial charge in [-0.1, -0.05) is 30.3 Å². The Morgan fingerprint density at radius 3 is 2.62 bits per heavy atom. The molecule has 0 radical (unpaired) electrons. The Bertz CT molecular complexity index is 328. The zero-order chi connectivity index (χ0) is 11.5. The molecule has 1 fully saturated rings. The standard InChI is InChI=1S/C13H20N2O/c1-9(16-2)13(15-14)12-8-11(12)10-6-4-3-5-7-10/h3-7,9,11-13,15H,8,14H2,1-2H3. The van der Waals surface area contributed by atoms with Crippen LogP contribution >= 0.6 is 0 Å². The maximum absolute atomic E-state index is 5.60. The summed E-state index contributed by atoms with van der Waals surface area (Å²) < 4.78 is 5.35. The second-order valence-electron chi connectivity index (χ2n) is 4.55. The average molecular weight is 220 g/mol. The van der Waals surface area contributed by atoms with Crippen LogP contribution in [0.2, 0.25) is 0 Å². The van der Waals surface area contributed by atoms with Crippen molar-refractivity contribution in [2.45, 2.75) is 31.4 Å². The molecule has 1 aliphatic carbocycles. The maximum Gasteiger partial charge on any atom is 0.0712 e. The van der Waals surface area contributed by atoms with Gasteiger partial charge in [-0.25, -0.2) is 0 Å². The summed E-state index contributed by atoms with van der Waals surface area (Å²) in [5, 5.41) is 0. The highest BCUT2D eigenvalue weighted by Gasteiger charge is 2.45. The highest BCUT2D eigenvalue weighted by atomic mass is 16.5. The number of hydrazine groups is 1. The monoisotopic (exact) mass is 220 g/mol. The Kier molecular flexibility index (Phi) is 3.59. The highest BCUT2D eigenvalue weighted by Crippen LogP contribution is 2.50. The summed E-state index contributed by atoms with van der Waals surface area (Å²) in [5.74, 6) is 6.84. The summed E-state index contributed by atoms with van der Waals surface area (Å²) in [4.78, 5) is 0. The fourth-order valence-electron chi connectivity index (χ4n) is 2.45. The molecule has 0 bridgehead atoms. The van der Waals surface area contributed by atoms with E-state index in [9.17, 15) is 0 Å². The van der Waals surface area contributed by atoms with Gasteiger partial charge in [-0.2, -0.15) is 0 Å². The van der Waals surface area contributed by atoms with Crippen LogP contribution in [0.4, 0.5) is 0 Å². The van der Waals surface area contributed by atoms with Crippen molar-refractivity contribution in [1.29, 1.82) is 0 Å². The van der Waals surface area contributed by atoms with Crippen LogP contribution in [0.25, 0.3) is 0 Å². The number of methoxy groups -OCH3 is 1. The number of hydrogen-bond acceptors (Lipinski definition) is 3. The lowest BCUT2D eigenvalue weighted by Crippen LogP contribution is -2.45. The molecule has 4 unspecified atom stereocenters. The van der Waals surface area contributed by atoms with Crippen LogP contribution in [-0.2, 0) is 4.74 Å². The van der Waals surface area contributed by atoms with Crippen LogP contribution in [-0.4, -0.2) is 19.3 Å². The summed E-state index contributed by atoms with van der Waals surface area (Å²) in [6.07, 6.45) is 1.36. The number of nitrogens with one attached hydrogen (secondary N) is 1. The number of hydrogen-bond donors (Lipinski definition) is 2. The summed E-state index contributed by atoms with van der Waals surface area (Å²) in [6, 6.07) is 10.9. The van der Waals surface area contributed by atoms with E-state index >= 15 is 0 Å². The molecule has 0 aromatic heterocycles. The molecular formula is C13H20N2O. The Morgan fingerprint density at radius 1 is 1.38 bits per heavy atom. The van der Waals surface area contributed by atoms with Gasteiger partial charge in [0.1, 0.15) is 0 Å². The van der Waals surface area contributed by atoms with Gasteiger partial charge < -0.3 is 4.74 Å². The van der Waals surface area contributed by atoms with Crippen molar-refractivity contribution in [3.8, 4) is 0 Å². The molecule has 0 spiro atoms. The molecule has 88 valence electrons. The first kappa shape index (κ1) is 11.6. The van der Waals surface area contributed by atoms with Crippen molar-refractivity contribution >= 4 is 0 Å². The molecule has 0 aliphatic heterocycles. The predicted molar refractivity (Wildman–Crippen MR) is 64.9 cm³/mol. The van der Waals surface area contributed by atoms with Gasteiger partial charge in [0.25, 0.3) is 0 Å². The van der Waals surface area contributed by atoms with E-state index in [1.54, 1.807) is 7.11 Å². The highest BCUT2D eigenvalue weighted by molar-refractivity contribution is 5.26. The van der Waals surface area contributed by atoms with Gasteiger partial charge in [-0.15, -0.1) is 0 Å². The lowest BCUT2D eigenvalue weighted by atomic mass is 10.0. The molecule has 3 N–H and O–H groups in total. The second kappa shape index (κ2) is 4.95. The summed E-state index contributed by atoms with van der Waals surface area (Å²) in [5.41, 5.74) is 4.30. The van der Waals surface area contributed by atoms with Crippen LogP contribution < -0.4 is 11.3 Å². The number of rotatable bonds is 5. The van der Waals surface area contributed by atoms with Gasteiger partial charge in [0, 0.05) is 7.11 Å². The SMILES string of the molecule is COC(C)C(NN)C1CC1c1ccccc1. The minimum absolute atomic E-state index is 0.156.